The van der Waals surface area contributed by atoms with Crippen molar-refractivity contribution in [3.8, 4) is 0 Å². The van der Waals surface area contributed by atoms with Crippen LogP contribution in [-0.2, 0) is 29.1 Å². The normalized spacial score (nSPS) is 13.9. The Morgan fingerprint density at radius 1 is 0.519 bits per heavy atom. The Labute approximate surface area is 179 Å². The predicted octanol–water partition coefficient (Wildman–Crippen LogP) is 6.18. The number of hydrogen-bond acceptors (Lipinski definition) is 4. The first-order chi connectivity index (χ1) is 11.1. The molecule has 154 valence electrons. The first-order valence-corrected chi connectivity index (χ1v) is 9.01. The van der Waals surface area contributed by atoms with E-state index in [2.05, 4.69) is 0 Å². The topological polar surface area (TPSA) is 74.6 Å². The number of hydrogen-bond donors (Lipinski definition) is 2. The molecule has 0 aliphatic rings. The molecule has 2 N–H and O–H groups in total. The quantitative estimate of drug-likeness (QED) is 0.310. The Morgan fingerprint density at radius 2 is 0.704 bits per heavy atom. The van der Waals surface area contributed by atoms with E-state index in [1.54, 1.807) is 0 Å². The smallest absolute Gasteiger partial charge is 0.164 e. The molecule has 0 aromatic heterocycles. The van der Waals surface area contributed by atoms with Gasteiger partial charge in [-0.1, -0.05) is 83.1 Å². The van der Waals surface area contributed by atoms with Crippen LogP contribution in [0.5, 0.6) is 0 Å². The molecule has 0 aliphatic heterocycles. The maximum absolute atomic E-state index is 11.5. The van der Waals surface area contributed by atoms with Crippen molar-refractivity contribution < 1.29 is 39.3 Å². The number of carbonyl (C=O) groups is 2. The molecule has 27 heavy (non-hydrogen) atoms. The maximum atomic E-state index is 11.5. The van der Waals surface area contributed by atoms with Crippen LogP contribution in [0.15, 0.2) is 23.7 Å². The van der Waals surface area contributed by atoms with E-state index in [1.165, 1.54) is 12.2 Å². The van der Waals surface area contributed by atoms with Crippen LogP contribution in [0, 0.1) is 21.7 Å². The number of rotatable bonds is 2. The van der Waals surface area contributed by atoms with E-state index in [9.17, 15) is 19.8 Å². The molecule has 4 nitrogen and oxygen atoms in total. The van der Waals surface area contributed by atoms with E-state index in [0.717, 1.165) is 0 Å². The average molecular weight is 434 g/mol. The fraction of sp³-hybridized carbons (Fsp3) is 0.727. The van der Waals surface area contributed by atoms with E-state index in [1.807, 2.05) is 83.1 Å². The fourth-order valence-electron chi connectivity index (χ4n) is 1.11. The third-order valence-electron chi connectivity index (χ3n) is 3.55. The van der Waals surface area contributed by atoms with Gasteiger partial charge in [-0.15, -0.1) is 0 Å². The van der Waals surface area contributed by atoms with Crippen molar-refractivity contribution in [3.05, 3.63) is 23.7 Å². The van der Waals surface area contributed by atoms with Gasteiger partial charge in [0.05, 0.1) is 0 Å². The molecule has 0 spiro atoms. The van der Waals surface area contributed by atoms with Gasteiger partial charge in [0.25, 0.3) is 0 Å². The molecule has 0 aromatic carbocycles. The Bertz CT molecular complexity index is 505. The summed E-state index contributed by atoms with van der Waals surface area (Å²) in [5, 5.41) is 19.1. The van der Waals surface area contributed by atoms with Gasteiger partial charge in [-0.2, -0.15) is 0 Å². The molecule has 0 fully saturated rings. The standard InChI is InChI=1S/2C11H20O2.Zn/c2*1-10(2,3)8(12)7-9(13)11(4,5)6;/h2*7,12H,1-6H3;. The van der Waals surface area contributed by atoms with Gasteiger partial charge in [0.1, 0.15) is 11.5 Å². The van der Waals surface area contributed by atoms with Crippen LogP contribution >= 0.6 is 0 Å². The van der Waals surface area contributed by atoms with Gasteiger partial charge in [0, 0.05) is 53.3 Å². The van der Waals surface area contributed by atoms with E-state index < -0.39 is 10.8 Å². The summed E-state index contributed by atoms with van der Waals surface area (Å²) < 4.78 is 0. The molecule has 0 saturated heterocycles. The third-order valence-corrected chi connectivity index (χ3v) is 3.55. The van der Waals surface area contributed by atoms with Crippen molar-refractivity contribution in [1.29, 1.82) is 0 Å². The second-order valence-electron chi connectivity index (χ2n) is 10.8. The van der Waals surface area contributed by atoms with Crippen LogP contribution in [0.2, 0.25) is 0 Å². The van der Waals surface area contributed by atoms with Crippen LogP contribution in [0.25, 0.3) is 0 Å². The Kier molecular flexibility index (Phi) is 12.0. The molecular formula is C22H40O4Zn. The monoisotopic (exact) mass is 432 g/mol. The Morgan fingerprint density at radius 3 is 0.815 bits per heavy atom. The molecule has 0 heterocycles. The summed E-state index contributed by atoms with van der Waals surface area (Å²) in [6.45, 7) is 22.2. The molecule has 0 aromatic rings. The molecule has 0 radical (unpaired) electrons. The molecule has 0 bridgehead atoms. The molecule has 0 atom stereocenters. The fourth-order valence-corrected chi connectivity index (χ4v) is 1.11. The van der Waals surface area contributed by atoms with Crippen LogP contribution in [0.3, 0.4) is 0 Å². The van der Waals surface area contributed by atoms with Gasteiger partial charge in [-0.05, 0) is 0 Å². The zero-order valence-corrected chi connectivity index (χ0v) is 22.5. The van der Waals surface area contributed by atoms with Gasteiger partial charge in [-0.25, -0.2) is 0 Å². The minimum Gasteiger partial charge on any atom is -0.512 e. The average Bonchev–Trinajstić information content (AvgIpc) is 2.34. The molecule has 0 saturated carbocycles. The summed E-state index contributed by atoms with van der Waals surface area (Å²) in [6.07, 6.45) is 2.67. The number of carbonyl (C=O) groups excluding carboxylic acids is 2. The summed E-state index contributed by atoms with van der Waals surface area (Å²) in [5.41, 5.74) is -1.53. The first-order valence-electron chi connectivity index (χ1n) is 9.01. The van der Waals surface area contributed by atoms with Crippen molar-refractivity contribution >= 4 is 11.6 Å². The maximum Gasteiger partial charge on any atom is 0.164 e. The summed E-state index contributed by atoms with van der Waals surface area (Å²) in [6, 6.07) is 0. The zero-order valence-electron chi connectivity index (χ0n) is 19.6. The number of aliphatic hydroxyl groups excluding tert-OH is 2. The first kappa shape index (κ1) is 30.8. The molecular weight excluding hydrogens is 394 g/mol. The largest absolute Gasteiger partial charge is 0.512 e. The Balaban J connectivity index is -0.000000411. The van der Waals surface area contributed by atoms with Gasteiger partial charge < -0.3 is 10.2 Å². The van der Waals surface area contributed by atoms with Gasteiger partial charge in [0.15, 0.2) is 11.6 Å². The second kappa shape index (κ2) is 10.6. The zero-order chi connectivity index (χ0) is 21.7. The molecule has 0 aliphatic carbocycles. The summed E-state index contributed by atoms with van der Waals surface area (Å²) >= 11 is 0. The number of ketones is 2. The van der Waals surface area contributed by atoms with Crippen molar-refractivity contribution in [2.45, 2.75) is 83.1 Å². The number of aliphatic hydroxyl groups is 2. The second-order valence-corrected chi connectivity index (χ2v) is 10.8. The van der Waals surface area contributed by atoms with E-state index >= 15 is 0 Å². The van der Waals surface area contributed by atoms with Crippen molar-refractivity contribution in [3.63, 3.8) is 0 Å². The number of allylic oxidation sites excluding steroid dienone is 4. The third kappa shape index (κ3) is 13.8. The van der Waals surface area contributed by atoms with E-state index in [4.69, 9.17) is 0 Å². The van der Waals surface area contributed by atoms with Gasteiger partial charge in [0.2, 0.25) is 0 Å². The molecule has 0 rings (SSSR count). The SMILES string of the molecule is CC(C)(C)C(=O)C=C(O)C(C)(C)C.CC(C)(C)C(=O)C=C(O)C(C)(C)C.[Zn]. The summed E-state index contributed by atoms with van der Waals surface area (Å²) in [4.78, 5) is 23.0. The van der Waals surface area contributed by atoms with E-state index in [0.29, 0.717) is 0 Å². The Hall–Kier alpha value is -0.957. The van der Waals surface area contributed by atoms with E-state index in [-0.39, 0.29) is 53.4 Å². The van der Waals surface area contributed by atoms with Crippen LogP contribution < -0.4 is 0 Å². The van der Waals surface area contributed by atoms with Crippen LogP contribution in [0.1, 0.15) is 83.1 Å². The van der Waals surface area contributed by atoms with Crippen molar-refractivity contribution in [2.75, 3.05) is 0 Å². The summed E-state index contributed by atoms with van der Waals surface area (Å²) in [7, 11) is 0. The summed E-state index contributed by atoms with van der Waals surface area (Å²) in [5.74, 6) is 0.208. The van der Waals surface area contributed by atoms with Crippen LogP contribution in [-0.4, -0.2) is 21.8 Å². The molecule has 0 amide bonds. The minimum absolute atomic E-state index is 0. The molecule has 5 heteroatoms. The predicted molar refractivity (Wildman–Crippen MR) is 109 cm³/mol. The molecule has 0 unspecified atom stereocenters. The minimum atomic E-state index is -0.417. The van der Waals surface area contributed by atoms with Crippen LogP contribution in [0.4, 0.5) is 0 Å². The van der Waals surface area contributed by atoms with Crippen molar-refractivity contribution in [1.82, 2.24) is 0 Å². The van der Waals surface area contributed by atoms with Gasteiger partial charge >= 0.3 is 0 Å². The van der Waals surface area contributed by atoms with Gasteiger partial charge in [-0.3, -0.25) is 9.59 Å². The van der Waals surface area contributed by atoms with Crippen molar-refractivity contribution in [2.24, 2.45) is 21.7 Å².